The molecule has 5 nitrogen and oxygen atoms in total. The fourth-order valence-electron chi connectivity index (χ4n) is 0.516. The van der Waals surface area contributed by atoms with E-state index in [1.807, 2.05) is 0 Å². The Hall–Kier alpha value is -1.52. The Labute approximate surface area is 56.9 Å². The molecule has 0 fully saturated rings. The van der Waals surface area contributed by atoms with Gasteiger partial charge in [-0.1, -0.05) is 0 Å². The van der Waals surface area contributed by atoms with E-state index in [0.717, 1.165) is 6.33 Å². The Kier molecular flexibility index (Phi) is 1.57. The third kappa shape index (κ3) is 1.07. The molecule has 1 aromatic heterocycles. The summed E-state index contributed by atoms with van der Waals surface area (Å²) in [6.07, 6.45) is 2.41. The molecular weight excluding hydrogens is 134 g/mol. The first kappa shape index (κ1) is 6.60. The summed E-state index contributed by atoms with van der Waals surface area (Å²) in [6.45, 7) is 3.38. The predicted octanol–water partition coefficient (Wildman–Crippen LogP) is 0.567. The van der Waals surface area contributed by atoms with Crippen molar-refractivity contribution < 1.29 is 4.92 Å². The zero-order chi connectivity index (χ0) is 7.56. The van der Waals surface area contributed by atoms with Gasteiger partial charge in [0.25, 0.3) is 0 Å². The minimum absolute atomic E-state index is 0.229. The highest BCUT2D eigenvalue weighted by atomic mass is 16.6. The average molecular weight is 138 g/mol. The van der Waals surface area contributed by atoms with E-state index < -0.39 is 4.92 Å². The zero-order valence-electron chi connectivity index (χ0n) is 5.02. The molecule has 0 unspecified atom stereocenters. The molecule has 0 amide bonds. The van der Waals surface area contributed by atoms with Crippen molar-refractivity contribution in [2.75, 3.05) is 0 Å². The highest BCUT2D eigenvalue weighted by molar-refractivity contribution is 5.30. The second-order valence-electron chi connectivity index (χ2n) is 1.63. The fraction of sp³-hybridized carbons (Fsp3) is 0. The normalized spacial score (nSPS) is 9.30. The Balaban J connectivity index is 3.15. The molecule has 0 bridgehead atoms. The summed E-state index contributed by atoms with van der Waals surface area (Å²) in [5.74, 6) is -0.241. The molecule has 5 heteroatoms. The van der Waals surface area contributed by atoms with Gasteiger partial charge in [-0.25, -0.2) is 4.98 Å². The molecule has 0 atom stereocenters. The molecule has 0 aliphatic carbocycles. The number of hydrogen-bond donors (Lipinski definition) is 0. The molecular formula is C5H4N3O2. The van der Waals surface area contributed by atoms with Crippen LogP contribution in [0, 0.1) is 17.0 Å². The van der Waals surface area contributed by atoms with Crippen molar-refractivity contribution >= 4 is 5.82 Å². The lowest BCUT2D eigenvalue weighted by molar-refractivity contribution is -0.390. The van der Waals surface area contributed by atoms with Gasteiger partial charge < -0.3 is 10.1 Å². The van der Waals surface area contributed by atoms with Gasteiger partial charge in [0, 0.05) is 6.20 Å². The van der Waals surface area contributed by atoms with E-state index in [4.69, 9.17) is 0 Å². The molecule has 1 radical (unpaired) electrons. The summed E-state index contributed by atoms with van der Waals surface area (Å²) in [4.78, 5) is 16.5. The second kappa shape index (κ2) is 2.38. The van der Waals surface area contributed by atoms with Crippen LogP contribution in [0.2, 0.25) is 0 Å². The van der Waals surface area contributed by atoms with Gasteiger partial charge in [0.15, 0.2) is 0 Å². The smallest absolute Gasteiger partial charge is 0.358 e. The predicted molar refractivity (Wildman–Crippen MR) is 33.1 cm³/mol. The highest BCUT2D eigenvalue weighted by Gasteiger charge is 2.09. The van der Waals surface area contributed by atoms with Gasteiger partial charge in [-0.05, 0) is 16.8 Å². The van der Waals surface area contributed by atoms with E-state index in [0.29, 0.717) is 0 Å². The maximum Gasteiger partial charge on any atom is 0.369 e. The van der Waals surface area contributed by atoms with Gasteiger partial charge in [0.05, 0.1) is 5.56 Å². The number of nitro groups is 1. The van der Waals surface area contributed by atoms with Crippen LogP contribution in [0.15, 0.2) is 12.5 Å². The Morgan fingerprint density at radius 3 is 2.80 bits per heavy atom. The number of hydrogen-bond acceptors (Lipinski definition) is 4. The van der Waals surface area contributed by atoms with Gasteiger partial charge in [-0.2, -0.15) is 0 Å². The Morgan fingerprint density at radius 1 is 1.70 bits per heavy atom. The van der Waals surface area contributed by atoms with Crippen molar-refractivity contribution in [1.82, 2.24) is 9.97 Å². The van der Waals surface area contributed by atoms with Crippen molar-refractivity contribution in [2.24, 2.45) is 0 Å². The molecule has 1 rings (SSSR count). The molecule has 0 N–H and O–H groups in total. The number of nitrogens with zero attached hydrogens (tertiary/aromatic N) is 3. The largest absolute Gasteiger partial charge is 0.369 e. The molecule has 0 aliphatic heterocycles. The van der Waals surface area contributed by atoms with E-state index >= 15 is 0 Å². The summed E-state index contributed by atoms with van der Waals surface area (Å²) >= 11 is 0. The lowest BCUT2D eigenvalue weighted by atomic mass is 10.4. The molecule has 1 aromatic rings. The van der Waals surface area contributed by atoms with Crippen LogP contribution in [0.5, 0.6) is 0 Å². The standard InChI is InChI=1S/C5H4N3O2/c1-4-2-6-3-7-5(4)8(9)10/h2-3H,1H2. The first-order chi connectivity index (χ1) is 4.72. The summed E-state index contributed by atoms with van der Waals surface area (Å²) in [5, 5.41) is 10.1. The van der Waals surface area contributed by atoms with Crippen LogP contribution in [-0.2, 0) is 0 Å². The minimum Gasteiger partial charge on any atom is -0.358 e. The maximum absolute atomic E-state index is 10.1. The third-order valence-corrected chi connectivity index (χ3v) is 0.937. The Morgan fingerprint density at radius 2 is 2.40 bits per heavy atom. The monoisotopic (exact) mass is 138 g/mol. The van der Waals surface area contributed by atoms with Crippen LogP contribution < -0.4 is 0 Å². The van der Waals surface area contributed by atoms with E-state index in [9.17, 15) is 10.1 Å². The number of rotatable bonds is 1. The lowest BCUT2D eigenvalue weighted by Gasteiger charge is -1.91. The van der Waals surface area contributed by atoms with Crippen LogP contribution in [0.3, 0.4) is 0 Å². The van der Waals surface area contributed by atoms with Crippen LogP contribution >= 0.6 is 0 Å². The summed E-state index contributed by atoms with van der Waals surface area (Å²) in [5.41, 5.74) is 0.229. The minimum atomic E-state index is -0.593. The topological polar surface area (TPSA) is 68.9 Å². The van der Waals surface area contributed by atoms with Crippen molar-refractivity contribution in [1.29, 1.82) is 0 Å². The molecule has 1 heterocycles. The molecule has 51 valence electrons. The molecule has 0 saturated carbocycles. The average Bonchev–Trinajstić information content (AvgIpc) is 1.88. The third-order valence-electron chi connectivity index (χ3n) is 0.937. The van der Waals surface area contributed by atoms with Gasteiger partial charge in [-0.15, -0.1) is 0 Å². The van der Waals surface area contributed by atoms with Crippen molar-refractivity contribution in [3.8, 4) is 0 Å². The molecule has 0 aliphatic rings. The molecule has 0 saturated heterocycles. The van der Waals surface area contributed by atoms with Crippen LogP contribution in [0.25, 0.3) is 0 Å². The van der Waals surface area contributed by atoms with Gasteiger partial charge >= 0.3 is 5.82 Å². The second-order valence-corrected chi connectivity index (χ2v) is 1.63. The van der Waals surface area contributed by atoms with Crippen molar-refractivity contribution in [2.45, 2.75) is 0 Å². The van der Waals surface area contributed by atoms with E-state index in [1.54, 1.807) is 0 Å². The van der Waals surface area contributed by atoms with Crippen LogP contribution in [0.4, 0.5) is 5.82 Å². The van der Waals surface area contributed by atoms with E-state index in [-0.39, 0.29) is 11.4 Å². The maximum atomic E-state index is 10.1. The summed E-state index contributed by atoms with van der Waals surface area (Å²) < 4.78 is 0. The summed E-state index contributed by atoms with van der Waals surface area (Å²) in [6, 6.07) is 0. The SMILES string of the molecule is [CH2]c1cncnc1[N+](=O)[O-]. The van der Waals surface area contributed by atoms with Gasteiger partial charge in [0.1, 0.15) is 0 Å². The van der Waals surface area contributed by atoms with Crippen molar-refractivity contribution in [3.05, 3.63) is 35.1 Å². The molecule has 0 aromatic carbocycles. The van der Waals surface area contributed by atoms with E-state index in [1.165, 1.54) is 6.20 Å². The quantitative estimate of drug-likeness (QED) is 0.420. The molecule has 0 spiro atoms. The van der Waals surface area contributed by atoms with Crippen LogP contribution in [0.1, 0.15) is 5.56 Å². The van der Waals surface area contributed by atoms with Gasteiger partial charge in [-0.3, -0.25) is 0 Å². The molecule has 10 heavy (non-hydrogen) atoms. The zero-order valence-corrected chi connectivity index (χ0v) is 5.02. The van der Waals surface area contributed by atoms with Crippen molar-refractivity contribution in [3.63, 3.8) is 0 Å². The first-order valence-electron chi connectivity index (χ1n) is 2.48. The van der Waals surface area contributed by atoms with Crippen LogP contribution in [-0.4, -0.2) is 14.9 Å². The number of aromatic nitrogens is 2. The fourth-order valence-corrected chi connectivity index (χ4v) is 0.516. The van der Waals surface area contributed by atoms with E-state index in [2.05, 4.69) is 16.9 Å². The lowest BCUT2D eigenvalue weighted by Crippen LogP contribution is -1.94. The Bertz CT molecular complexity index is 261. The first-order valence-corrected chi connectivity index (χ1v) is 2.48. The summed E-state index contributed by atoms with van der Waals surface area (Å²) in [7, 11) is 0. The van der Waals surface area contributed by atoms with Gasteiger partial charge in [0.2, 0.25) is 6.33 Å². The highest BCUT2D eigenvalue weighted by Crippen LogP contribution is 2.09.